The van der Waals surface area contributed by atoms with E-state index in [4.69, 9.17) is 0 Å². The Morgan fingerprint density at radius 1 is 0.765 bits per heavy atom. The van der Waals surface area contributed by atoms with Crippen LogP contribution in [0.15, 0.2) is 49.1 Å². The molecule has 0 spiro atoms. The largest absolute Gasteiger partial charge is 0.265 e. The SMILES string of the molecule is CC(CC(C)c1ccncc1)c1ccncc1. The zero-order valence-corrected chi connectivity index (χ0v) is 10.4. The van der Waals surface area contributed by atoms with Gasteiger partial charge in [-0.25, -0.2) is 0 Å². The average Bonchev–Trinajstić information content (AvgIpc) is 2.40. The van der Waals surface area contributed by atoms with Crippen molar-refractivity contribution in [3.63, 3.8) is 0 Å². The van der Waals surface area contributed by atoms with Crippen molar-refractivity contribution in [3.8, 4) is 0 Å². The second-order valence-electron chi connectivity index (χ2n) is 4.60. The lowest BCUT2D eigenvalue weighted by Crippen LogP contribution is -2.01. The molecule has 0 amide bonds. The summed E-state index contributed by atoms with van der Waals surface area (Å²) in [5.41, 5.74) is 2.72. The molecule has 0 bridgehead atoms. The summed E-state index contributed by atoms with van der Waals surface area (Å²) in [5, 5.41) is 0. The van der Waals surface area contributed by atoms with Crippen LogP contribution < -0.4 is 0 Å². The van der Waals surface area contributed by atoms with Crippen LogP contribution in [-0.2, 0) is 0 Å². The van der Waals surface area contributed by atoms with Gasteiger partial charge in [0, 0.05) is 24.8 Å². The van der Waals surface area contributed by atoms with Crippen molar-refractivity contribution in [2.75, 3.05) is 0 Å². The van der Waals surface area contributed by atoms with E-state index in [9.17, 15) is 0 Å². The summed E-state index contributed by atoms with van der Waals surface area (Å²) < 4.78 is 0. The Morgan fingerprint density at radius 3 is 1.47 bits per heavy atom. The van der Waals surface area contributed by atoms with E-state index in [2.05, 4.69) is 48.1 Å². The van der Waals surface area contributed by atoms with Crippen molar-refractivity contribution >= 4 is 0 Å². The van der Waals surface area contributed by atoms with Crippen LogP contribution in [0, 0.1) is 0 Å². The molecule has 0 aromatic carbocycles. The van der Waals surface area contributed by atoms with Gasteiger partial charge in [0.15, 0.2) is 0 Å². The van der Waals surface area contributed by atoms with E-state index in [1.165, 1.54) is 11.1 Å². The van der Waals surface area contributed by atoms with Crippen LogP contribution in [0.3, 0.4) is 0 Å². The monoisotopic (exact) mass is 226 g/mol. The molecule has 0 radical (unpaired) electrons. The first-order valence-electron chi connectivity index (χ1n) is 6.07. The lowest BCUT2D eigenvalue weighted by molar-refractivity contribution is 0.592. The topological polar surface area (TPSA) is 25.8 Å². The number of hydrogen-bond acceptors (Lipinski definition) is 2. The van der Waals surface area contributed by atoms with Gasteiger partial charge >= 0.3 is 0 Å². The Labute approximate surface area is 103 Å². The molecule has 17 heavy (non-hydrogen) atoms. The van der Waals surface area contributed by atoms with E-state index in [-0.39, 0.29) is 0 Å². The van der Waals surface area contributed by atoms with Crippen molar-refractivity contribution in [3.05, 3.63) is 60.2 Å². The molecule has 0 aliphatic heterocycles. The fraction of sp³-hybridized carbons (Fsp3) is 0.333. The summed E-state index contributed by atoms with van der Waals surface area (Å²) >= 11 is 0. The van der Waals surface area contributed by atoms with Gasteiger partial charge in [-0.1, -0.05) is 13.8 Å². The third-order valence-corrected chi connectivity index (χ3v) is 3.26. The maximum absolute atomic E-state index is 4.06. The molecule has 0 saturated heterocycles. The minimum absolute atomic E-state index is 0.557. The molecule has 0 aliphatic rings. The Bertz CT molecular complexity index is 395. The third-order valence-electron chi connectivity index (χ3n) is 3.26. The van der Waals surface area contributed by atoms with Gasteiger partial charge in [0.25, 0.3) is 0 Å². The van der Waals surface area contributed by atoms with Crippen LogP contribution in [0.4, 0.5) is 0 Å². The first-order chi connectivity index (χ1) is 8.27. The van der Waals surface area contributed by atoms with Crippen molar-refractivity contribution in [1.82, 2.24) is 9.97 Å². The van der Waals surface area contributed by atoms with E-state index in [1.54, 1.807) is 0 Å². The van der Waals surface area contributed by atoms with Gasteiger partial charge in [0.05, 0.1) is 0 Å². The minimum Gasteiger partial charge on any atom is -0.265 e. The zero-order valence-electron chi connectivity index (χ0n) is 10.4. The second kappa shape index (κ2) is 5.58. The van der Waals surface area contributed by atoms with Gasteiger partial charge in [0.1, 0.15) is 0 Å². The van der Waals surface area contributed by atoms with Crippen molar-refractivity contribution < 1.29 is 0 Å². The van der Waals surface area contributed by atoms with E-state index in [0.29, 0.717) is 11.8 Å². The summed E-state index contributed by atoms with van der Waals surface area (Å²) in [6, 6.07) is 8.40. The molecule has 2 heterocycles. The molecule has 2 aromatic heterocycles. The zero-order chi connectivity index (χ0) is 12.1. The van der Waals surface area contributed by atoms with Gasteiger partial charge < -0.3 is 0 Å². The molecule has 2 aromatic rings. The number of pyridine rings is 2. The molecule has 2 rings (SSSR count). The highest BCUT2D eigenvalue weighted by Gasteiger charge is 2.12. The van der Waals surface area contributed by atoms with Crippen LogP contribution in [0.5, 0.6) is 0 Å². The summed E-state index contributed by atoms with van der Waals surface area (Å²) in [6.07, 6.45) is 8.60. The van der Waals surface area contributed by atoms with Gasteiger partial charge in [-0.3, -0.25) is 9.97 Å². The van der Waals surface area contributed by atoms with Crippen molar-refractivity contribution in [2.45, 2.75) is 32.1 Å². The number of rotatable bonds is 4. The Kier molecular flexibility index (Phi) is 3.86. The lowest BCUT2D eigenvalue weighted by atomic mass is 9.88. The van der Waals surface area contributed by atoms with Crippen LogP contribution in [0.1, 0.15) is 43.2 Å². The molecule has 2 unspecified atom stereocenters. The quantitative estimate of drug-likeness (QED) is 0.793. The summed E-state index contributed by atoms with van der Waals surface area (Å²) in [4.78, 5) is 8.11. The number of nitrogens with zero attached hydrogens (tertiary/aromatic N) is 2. The minimum atomic E-state index is 0.557. The van der Waals surface area contributed by atoms with Gasteiger partial charge in [-0.15, -0.1) is 0 Å². The summed E-state index contributed by atoms with van der Waals surface area (Å²) in [7, 11) is 0. The lowest BCUT2D eigenvalue weighted by Gasteiger charge is -2.17. The summed E-state index contributed by atoms with van der Waals surface area (Å²) in [5.74, 6) is 1.11. The van der Waals surface area contributed by atoms with Gasteiger partial charge in [-0.2, -0.15) is 0 Å². The number of hydrogen-bond donors (Lipinski definition) is 0. The summed E-state index contributed by atoms with van der Waals surface area (Å²) in [6.45, 7) is 4.54. The van der Waals surface area contributed by atoms with Crippen LogP contribution in [-0.4, -0.2) is 9.97 Å². The molecule has 2 heteroatoms. The second-order valence-corrected chi connectivity index (χ2v) is 4.60. The molecule has 0 saturated carbocycles. The number of aromatic nitrogens is 2. The predicted octanol–water partition coefficient (Wildman–Crippen LogP) is 3.77. The smallest absolute Gasteiger partial charge is 0.0270 e. The molecule has 2 nitrogen and oxygen atoms in total. The highest BCUT2D eigenvalue weighted by Crippen LogP contribution is 2.28. The Balaban J connectivity index is 2.02. The predicted molar refractivity (Wildman–Crippen MR) is 69.9 cm³/mol. The highest BCUT2D eigenvalue weighted by molar-refractivity contribution is 5.19. The van der Waals surface area contributed by atoms with Crippen molar-refractivity contribution in [2.24, 2.45) is 0 Å². The first-order valence-corrected chi connectivity index (χ1v) is 6.07. The fourth-order valence-electron chi connectivity index (χ4n) is 2.19. The third kappa shape index (κ3) is 3.13. The van der Waals surface area contributed by atoms with E-state index >= 15 is 0 Å². The normalized spacial score (nSPS) is 14.2. The van der Waals surface area contributed by atoms with Gasteiger partial charge in [-0.05, 0) is 53.6 Å². The molecule has 0 aliphatic carbocycles. The maximum atomic E-state index is 4.06. The molecule has 0 N–H and O–H groups in total. The first kappa shape index (κ1) is 11.8. The molecule has 88 valence electrons. The van der Waals surface area contributed by atoms with E-state index in [1.807, 2.05) is 24.8 Å². The molecule has 2 atom stereocenters. The Hall–Kier alpha value is -1.70. The van der Waals surface area contributed by atoms with Crippen LogP contribution in [0.25, 0.3) is 0 Å². The van der Waals surface area contributed by atoms with Crippen molar-refractivity contribution in [1.29, 1.82) is 0 Å². The standard InChI is InChI=1S/C15H18N2/c1-12(14-3-7-16-8-4-14)11-13(2)15-5-9-17-10-6-15/h3-10,12-13H,11H2,1-2H3. The van der Waals surface area contributed by atoms with Crippen LogP contribution >= 0.6 is 0 Å². The molecule has 0 fully saturated rings. The van der Waals surface area contributed by atoms with Gasteiger partial charge in [0.2, 0.25) is 0 Å². The molecular formula is C15H18N2. The van der Waals surface area contributed by atoms with Crippen LogP contribution in [0.2, 0.25) is 0 Å². The fourth-order valence-corrected chi connectivity index (χ4v) is 2.19. The maximum Gasteiger partial charge on any atom is 0.0270 e. The van der Waals surface area contributed by atoms with E-state index in [0.717, 1.165) is 6.42 Å². The Morgan fingerprint density at radius 2 is 1.12 bits per heavy atom. The highest BCUT2D eigenvalue weighted by atomic mass is 14.6. The average molecular weight is 226 g/mol. The van der Waals surface area contributed by atoms with E-state index < -0.39 is 0 Å². The molecular weight excluding hydrogens is 208 g/mol.